The largest absolute Gasteiger partial charge is 0.361 e. The van der Waals surface area contributed by atoms with Crippen molar-refractivity contribution < 1.29 is 25.3 Å². The molecule has 2 atom stereocenters. The summed E-state index contributed by atoms with van der Waals surface area (Å²) in [6.45, 7) is 0. The molecule has 0 bridgehead atoms. The summed E-state index contributed by atoms with van der Waals surface area (Å²) in [5, 5.41) is 0. The van der Waals surface area contributed by atoms with Crippen LogP contribution in [0.4, 0.5) is 0 Å². The Balaban J connectivity index is 1.41. The van der Waals surface area contributed by atoms with Crippen molar-refractivity contribution in [2.24, 2.45) is 0 Å². The molecule has 2 aromatic rings. The normalized spacial score (nSPS) is 22.2. The van der Waals surface area contributed by atoms with Crippen LogP contribution in [0.2, 0.25) is 0 Å². The van der Waals surface area contributed by atoms with Crippen molar-refractivity contribution in [3.05, 3.63) is 54.1 Å². The third-order valence-corrected chi connectivity index (χ3v) is 14.2. The molecule has 2 unspecified atom stereocenters. The minimum absolute atomic E-state index is 0.0634. The Hall–Kier alpha value is -1.58. The van der Waals surface area contributed by atoms with Crippen LogP contribution in [0, 0.1) is 0 Å². The Kier molecular flexibility index (Phi) is 8.61. The zero-order valence-electron chi connectivity index (χ0n) is 20.8. The van der Waals surface area contributed by atoms with E-state index in [1.807, 2.05) is 0 Å². The molecule has 8 nitrogen and oxygen atoms in total. The first-order chi connectivity index (χ1) is 17.7. The second kappa shape index (κ2) is 11.1. The standard InChI is InChI=1S/C24H28N2O6S6/c1-25(18-11-13-36(27,28)15-18)23(33)17-3-7-21(8-4-17)38(31,32)22-9-5-20(6-10-22)35-24(34)26(2)19-12-14-37(29,30)16-19/h3-10,18-19H,11-16H2,1-2H3. The van der Waals surface area contributed by atoms with Gasteiger partial charge in [0.1, 0.15) is 9.31 Å². The fourth-order valence-corrected chi connectivity index (χ4v) is 10.8. The van der Waals surface area contributed by atoms with E-state index in [1.165, 1.54) is 36.0 Å². The van der Waals surface area contributed by atoms with E-state index in [0.717, 1.165) is 4.90 Å². The predicted molar refractivity (Wildman–Crippen MR) is 158 cm³/mol. The number of thioether (sulfide) groups is 1. The van der Waals surface area contributed by atoms with Crippen molar-refractivity contribution in [3.63, 3.8) is 0 Å². The monoisotopic (exact) mass is 632 g/mol. The minimum atomic E-state index is -3.78. The van der Waals surface area contributed by atoms with Crippen LogP contribution in [-0.4, -0.2) is 93.6 Å². The number of nitrogens with zero attached hydrogens (tertiary/aromatic N) is 2. The molecule has 2 fully saturated rings. The van der Waals surface area contributed by atoms with E-state index < -0.39 is 29.5 Å². The number of rotatable bonds is 6. The van der Waals surface area contributed by atoms with Crippen molar-refractivity contribution in [1.82, 2.24) is 9.80 Å². The highest BCUT2D eigenvalue weighted by molar-refractivity contribution is 8.23. The highest BCUT2D eigenvalue weighted by Crippen LogP contribution is 2.29. The molecule has 2 heterocycles. The smallest absolute Gasteiger partial charge is 0.206 e. The molecule has 2 aliphatic rings. The SMILES string of the molecule is CN(C(=S)Sc1ccc(S(=O)(=O)c2ccc(C(=S)N(C)C3CCS(=O)(=O)C3)cc2)cc1)C1CCS(=O)(=O)C1. The maximum Gasteiger partial charge on any atom is 0.206 e. The lowest BCUT2D eigenvalue weighted by Crippen LogP contribution is -2.37. The second-order valence-electron chi connectivity index (χ2n) is 9.51. The lowest BCUT2D eigenvalue weighted by atomic mass is 10.1. The maximum atomic E-state index is 13.2. The number of benzene rings is 2. The van der Waals surface area contributed by atoms with Gasteiger partial charge in [0.2, 0.25) is 9.84 Å². The van der Waals surface area contributed by atoms with Crippen molar-refractivity contribution in [2.75, 3.05) is 37.1 Å². The van der Waals surface area contributed by atoms with Crippen molar-refractivity contribution >= 4 is 75.0 Å². The van der Waals surface area contributed by atoms with E-state index in [4.69, 9.17) is 24.4 Å². The average molecular weight is 633 g/mol. The number of thiocarbonyl (C=S) groups is 2. The van der Waals surface area contributed by atoms with Gasteiger partial charge in [-0.15, -0.1) is 0 Å². The summed E-state index contributed by atoms with van der Waals surface area (Å²) in [5.41, 5.74) is 0.644. The number of hydrogen-bond acceptors (Lipinski definition) is 9. The quantitative estimate of drug-likeness (QED) is 0.347. The van der Waals surface area contributed by atoms with Crippen molar-refractivity contribution in [3.8, 4) is 0 Å². The van der Waals surface area contributed by atoms with Crippen LogP contribution in [0.3, 0.4) is 0 Å². The van der Waals surface area contributed by atoms with Crippen molar-refractivity contribution in [1.29, 1.82) is 0 Å². The van der Waals surface area contributed by atoms with Crippen LogP contribution >= 0.6 is 36.2 Å². The van der Waals surface area contributed by atoms with Gasteiger partial charge in [-0.05, 0) is 49.2 Å². The van der Waals surface area contributed by atoms with Crippen LogP contribution in [0.15, 0.2) is 63.2 Å². The first kappa shape index (κ1) is 29.4. The molecule has 206 valence electrons. The summed E-state index contributed by atoms with van der Waals surface area (Å²) in [5.74, 6) is 0.458. The van der Waals surface area contributed by atoms with Gasteiger partial charge >= 0.3 is 0 Å². The molecule has 14 heteroatoms. The van der Waals surface area contributed by atoms with E-state index in [2.05, 4.69) is 0 Å². The van der Waals surface area contributed by atoms with E-state index in [9.17, 15) is 25.3 Å². The second-order valence-corrected chi connectivity index (χ2v) is 18.0. The molecule has 0 aromatic heterocycles. The molecule has 2 aliphatic heterocycles. The zero-order chi connectivity index (χ0) is 27.9. The fourth-order valence-electron chi connectivity index (χ4n) is 4.45. The first-order valence-corrected chi connectivity index (χ1v) is 18.5. The molecule has 4 rings (SSSR count). The van der Waals surface area contributed by atoms with E-state index in [-0.39, 0.29) is 44.9 Å². The van der Waals surface area contributed by atoms with Crippen LogP contribution in [0.5, 0.6) is 0 Å². The molecular formula is C24H28N2O6S6. The topological polar surface area (TPSA) is 109 Å². The van der Waals surface area contributed by atoms with E-state index in [0.29, 0.717) is 27.7 Å². The van der Waals surface area contributed by atoms with Gasteiger partial charge in [-0.25, -0.2) is 25.3 Å². The molecule has 0 saturated carbocycles. The van der Waals surface area contributed by atoms with Gasteiger partial charge in [-0.1, -0.05) is 48.3 Å². The predicted octanol–water partition coefficient (Wildman–Crippen LogP) is 2.81. The van der Waals surface area contributed by atoms with Gasteiger partial charge in [0.05, 0.1) is 32.8 Å². The lowest BCUT2D eigenvalue weighted by molar-refractivity contribution is 0.403. The number of hydrogen-bond donors (Lipinski definition) is 0. The van der Waals surface area contributed by atoms with Crippen LogP contribution < -0.4 is 0 Å². The van der Waals surface area contributed by atoms with E-state index >= 15 is 0 Å². The Morgan fingerprint density at radius 1 is 0.789 bits per heavy atom. The summed E-state index contributed by atoms with van der Waals surface area (Å²) in [6.07, 6.45) is 1.06. The third-order valence-electron chi connectivity index (χ3n) is 6.87. The number of sulfone groups is 3. The third kappa shape index (κ3) is 6.58. The van der Waals surface area contributed by atoms with Crippen LogP contribution in [-0.2, 0) is 29.5 Å². The molecule has 0 spiro atoms. The minimum Gasteiger partial charge on any atom is -0.361 e. The summed E-state index contributed by atoms with van der Waals surface area (Å²) < 4.78 is 74.1. The fraction of sp³-hybridized carbons (Fsp3) is 0.417. The molecule has 0 amide bonds. The highest BCUT2D eigenvalue weighted by Gasteiger charge is 2.33. The highest BCUT2D eigenvalue weighted by atomic mass is 32.2. The molecule has 2 aromatic carbocycles. The van der Waals surface area contributed by atoms with Gasteiger partial charge in [0, 0.05) is 36.6 Å². The molecule has 0 radical (unpaired) electrons. The zero-order valence-corrected chi connectivity index (χ0v) is 25.7. The molecule has 0 aliphatic carbocycles. The Morgan fingerprint density at radius 3 is 1.68 bits per heavy atom. The first-order valence-electron chi connectivity index (χ1n) is 11.8. The maximum absolute atomic E-state index is 13.2. The van der Waals surface area contributed by atoms with Crippen LogP contribution in [0.1, 0.15) is 18.4 Å². The molecular weight excluding hydrogens is 605 g/mol. The van der Waals surface area contributed by atoms with Gasteiger partial charge in [-0.3, -0.25) is 0 Å². The summed E-state index contributed by atoms with van der Waals surface area (Å²) >= 11 is 12.3. The lowest BCUT2D eigenvalue weighted by Gasteiger charge is -2.26. The van der Waals surface area contributed by atoms with Gasteiger partial charge in [0.25, 0.3) is 0 Å². The molecule has 38 heavy (non-hydrogen) atoms. The Morgan fingerprint density at radius 2 is 1.24 bits per heavy atom. The van der Waals surface area contributed by atoms with Gasteiger partial charge < -0.3 is 9.80 Å². The Labute approximate surface area is 239 Å². The van der Waals surface area contributed by atoms with E-state index in [1.54, 1.807) is 48.2 Å². The molecule has 0 N–H and O–H groups in total. The van der Waals surface area contributed by atoms with Gasteiger partial charge in [-0.2, -0.15) is 0 Å². The summed E-state index contributed by atoms with van der Waals surface area (Å²) in [4.78, 5) is 5.03. The summed E-state index contributed by atoms with van der Waals surface area (Å²) in [6, 6.07) is 12.3. The average Bonchev–Trinajstić information content (AvgIpc) is 3.43. The van der Waals surface area contributed by atoms with Gasteiger partial charge in [0.15, 0.2) is 19.7 Å². The molecule has 2 saturated heterocycles. The summed E-state index contributed by atoms with van der Waals surface area (Å²) in [7, 11) is -6.31. The van der Waals surface area contributed by atoms with Crippen molar-refractivity contribution in [2.45, 2.75) is 39.6 Å². The Bertz CT molecular complexity index is 1550. The van der Waals surface area contributed by atoms with Crippen LogP contribution in [0.25, 0.3) is 0 Å².